The molecule has 1 saturated heterocycles. The maximum atomic E-state index is 11.8. The molecule has 2 amide bonds. The van der Waals surface area contributed by atoms with Crippen molar-refractivity contribution in [3.8, 4) is 0 Å². The molecule has 1 heterocycles. The van der Waals surface area contributed by atoms with Crippen LogP contribution in [-0.2, 0) is 14.3 Å². The molecule has 0 aromatic rings. The molecule has 1 aliphatic rings. The van der Waals surface area contributed by atoms with E-state index in [1.165, 1.54) is 4.90 Å². The van der Waals surface area contributed by atoms with Crippen LogP contribution in [0.3, 0.4) is 0 Å². The number of esters is 1. The third-order valence-corrected chi connectivity index (χ3v) is 3.13. The molecule has 2 unspecified atom stereocenters. The summed E-state index contributed by atoms with van der Waals surface area (Å²) in [4.78, 5) is 35.2. The Morgan fingerprint density at radius 3 is 2.58 bits per heavy atom. The number of aliphatic carboxylic acids is 1. The molecule has 0 aliphatic carbocycles. The van der Waals surface area contributed by atoms with E-state index in [-0.39, 0.29) is 37.4 Å². The largest absolute Gasteiger partial charge is 0.481 e. The maximum Gasteiger partial charge on any atom is 0.317 e. The molecule has 1 fully saturated rings. The second-order valence-electron chi connectivity index (χ2n) is 4.61. The lowest BCUT2D eigenvalue weighted by Gasteiger charge is -2.16. The van der Waals surface area contributed by atoms with Crippen molar-refractivity contribution in [3.05, 3.63) is 0 Å². The molecule has 0 radical (unpaired) electrons. The zero-order chi connectivity index (χ0) is 14.4. The van der Waals surface area contributed by atoms with E-state index in [0.29, 0.717) is 13.2 Å². The predicted molar refractivity (Wildman–Crippen MR) is 66.5 cm³/mol. The average molecular weight is 272 g/mol. The van der Waals surface area contributed by atoms with E-state index in [1.807, 2.05) is 6.92 Å². The Morgan fingerprint density at radius 1 is 1.37 bits per heavy atom. The van der Waals surface area contributed by atoms with Crippen LogP contribution in [0.4, 0.5) is 4.79 Å². The number of urea groups is 1. The Labute approximate surface area is 111 Å². The van der Waals surface area contributed by atoms with E-state index in [9.17, 15) is 14.4 Å². The van der Waals surface area contributed by atoms with Crippen LogP contribution in [0.25, 0.3) is 0 Å². The van der Waals surface area contributed by atoms with Crippen LogP contribution in [-0.4, -0.2) is 54.2 Å². The van der Waals surface area contributed by atoms with Gasteiger partial charge in [-0.15, -0.1) is 0 Å². The third-order valence-electron chi connectivity index (χ3n) is 3.13. The first-order valence-electron chi connectivity index (χ1n) is 6.36. The number of rotatable bonds is 5. The highest BCUT2D eigenvalue weighted by molar-refractivity contribution is 5.78. The molecule has 2 atom stereocenters. The Morgan fingerprint density at radius 2 is 2.05 bits per heavy atom. The maximum absolute atomic E-state index is 11.8. The van der Waals surface area contributed by atoms with Crippen molar-refractivity contribution < 1.29 is 24.2 Å². The smallest absolute Gasteiger partial charge is 0.317 e. The van der Waals surface area contributed by atoms with Gasteiger partial charge in [0.25, 0.3) is 0 Å². The molecule has 7 nitrogen and oxygen atoms in total. The van der Waals surface area contributed by atoms with Crippen molar-refractivity contribution in [1.29, 1.82) is 0 Å². The standard InChI is InChI=1S/C12H20N2O5/c1-3-19-10(15)4-5-13-12(18)14-6-8(2)9(7-14)11(16)17/h8-9H,3-7H2,1-2H3,(H,13,18)(H,16,17). The molecule has 0 bridgehead atoms. The number of likely N-dealkylation sites (tertiary alicyclic amines) is 1. The van der Waals surface area contributed by atoms with E-state index < -0.39 is 11.9 Å². The Bertz CT molecular complexity index is 358. The van der Waals surface area contributed by atoms with Crippen molar-refractivity contribution >= 4 is 18.0 Å². The van der Waals surface area contributed by atoms with Gasteiger partial charge in [0.2, 0.25) is 0 Å². The van der Waals surface area contributed by atoms with Gasteiger partial charge in [0.05, 0.1) is 18.9 Å². The molecule has 0 aromatic carbocycles. The van der Waals surface area contributed by atoms with E-state index in [4.69, 9.17) is 9.84 Å². The van der Waals surface area contributed by atoms with Crippen molar-refractivity contribution in [2.45, 2.75) is 20.3 Å². The van der Waals surface area contributed by atoms with Crippen LogP contribution in [0.5, 0.6) is 0 Å². The minimum atomic E-state index is -0.880. The third kappa shape index (κ3) is 4.42. The van der Waals surface area contributed by atoms with E-state index in [1.54, 1.807) is 6.92 Å². The molecule has 1 aliphatic heterocycles. The summed E-state index contributed by atoms with van der Waals surface area (Å²) < 4.78 is 4.73. The summed E-state index contributed by atoms with van der Waals surface area (Å²) in [5.74, 6) is -1.82. The highest BCUT2D eigenvalue weighted by Crippen LogP contribution is 2.22. The first kappa shape index (κ1) is 15.3. The summed E-state index contributed by atoms with van der Waals surface area (Å²) in [6.07, 6.45) is 0.116. The van der Waals surface area contributed by atoms with E-state index >= 15 is 0 Å². The van der Waals surface area contributed by atoms with Gasteiger partial charge in [-0.25, -0.2) is 4.79 Å². The first-order chi connectivity index (χ1) is 8.95. The zero-order valence-corrected chi connectivity index (χ0v) is 11.2. The number of nitrogens with zero attached hydrogens (tertiary/aromatic N) is 1. The molecule has 108 valence electrons. The SMILES string of the molecule is CCOC(=O)CCNC(=O)N1CC(C)C(C(=O)O)C1. The van der Waals surface area contributed by atoms with Crippen molar-refractivity contribution in [3.63, 3.8) is 0 Å². The predicted octanol–water partition coefficient (Wildman–Crippen LogP) is 0.302. The number of carboxylic acid groups (broad SMARTS) is 1. The quantitative estimate of drug-likeness (QED) is 0.702. The number of carboxylic acids is 1. The number of carbonyl (C=O) groups is 3. The monoisotopic (exact) mass is 272 g/mol. The van der Waals surface area contributed by atoms with Crippen LogP contribution in [0, 0.1) is 11.8 Å². The molecular formula is C12H20N2O5. The second-order valence-corrected chi connectivity index (χ2v) is 4.61. The topological polar surface area (TPSA) is 95.9 Å². The van der Waals surface area contributed by atoms with Gasteiger partial charge < -0.3 is 20.1 Å². The summed E-state index contributed by atoms with van der Waals surface area (Å²) in [5, 5.41) is 11.6. The minimum absolute atomic E-state index is 0.0618. The molecule has 2 N–H and O–H groups in total. The lowest BCUT2D eigenvalue weighted by molar-refractivity contribution is -0.143. The Kier molecular flexibility index (Phi) is 5.59. The van der Waals surface area contributed by atoms with Gasteiger partial charge in [0.15, 0.2) is 0 Å². The average Bonchev–Trinajstić information content (AvgIpc) is 2.71. The van der Waals surface area contributed by atoms with Crippen LogP contribution in [0.15, 0.2) is 0 Å². The van der Waals surface area contributed by atoms with Crippen LogP contribution in [0.1, 0.15) is 20.3 Å². The zero-order valence-electron chi connectivity index (χ0n) is 11.2. The summed E-state index contributed by atoms with van der Waals surface area (Å²) in [5.41, 5.74) is 0. The summed E-state index contributed by atoms with van der Waals surface area (Å²) >= 11 is 0. The van der Waals surface area contributed by atoms with Crippen molar-refractivity contribution in [2.75, 3.05) is 26.2 Å². The van der Waals surface area contributed by atoms with Gasteiger partial charge >= 0.3 is 18.0 Å². The molecule has 0 spiro atoms. The lowest BCUT2D eigenvalue weighted by Crippen LogP contribution is -2.40. The summed E-state index contributed by atoms with van der Waals surface area (Å²) in [6.45, 7) is 4.67. The van der Waals surface area contributed by atoms with E-state index in [0.717, 1.165) is 0 Å². The minimum Gasteiger partial charge on any atom is -0.481 e. The first-order valence-corrected chi connectivity index (χ1v) is 6.36. The Hall–Kier alpha value is -1.79. The van der Waals surface area contributed by atoms with Crippen molar-refractivity contribution in [1.82, 2.24) is 10.2 Å². The fraction of sp³-hybridized carbons (Fsp3) is 0.750. The highest BCUT2D eigenvalue weighted by Gasteiger charge is 2.36. The molecular weight excluding hydrogens is 252 g/mol. The normalized spacial score (nSPS) is 22.1. The van der Waals surface area contributed by atoms with Gasteiger partial charge in [0, 0.05) is 19.6 Å². The molecule has 0 aromatic heterocycles. The number of hydrogen-bond acceptors (Lipinski definition) is 4. The number of hydrogen-bond donors (Lipinski definition) is 2. The van der Waals surface area contributed by atoms with Crippen LogP contribution in [0.2, 0.25) is 0 Å². The van der Waals surface area contributed by atoms with Gasteiger partial charge in [-0.3, -0.25) is 9.59 Å². The van der Waals surface area contributed by atoms with Gasteiger partial charge in [-0.05, 0) is 12.8 Å². The van der Waals surface area contributed by atoms with Gasteiger partial charge in [-0.2, -0.15) is 0 Å². The second kappa shape index (κ2) is 6.96. The lowest BCUT2D eigenvalue weighted by atomic mass is 9.99. The highest BCUT2D eigenvalue weighted by atomic mass is 16.5. The van der Waals surface area contributed by atoms with Crippen LogP contribution >= 0.6 is 0 Å². The van der Waals surface area contributed by atoms with Crippen molar-refractivity contribution in [2.24, 2.45) is 11.8 Å². The molecule has 7 heteroatoms. The molecule has 19 heavy (non-hydrogen) atoms. The fourth-order valence-electron chi connectivity index (χ4n) is 2.07. The van der Waals surface area contributed by atoms with E-state index in [2.05, 4.69) is 5.32 Å². The number of nitrogens with one attached hydrogen (secondary N) is 1. The number of ether oxygens (including phenoxy) is 1. The number of carbonyl (C=O) groups excluding carboxylic acids is 2. The Balaban J connectivity index is 2.31. The van der Waals surface area contributed by atoms with Gasteiger partial charge in [-0.1, -0.05) is 6.92 Å². The molecule has 0 saturated carbocycles. The summed E-state index contributed by atoms with van der Waals surface area (Å²) in [7, 11) is 0. The fourth-order valence-corrected chi connectivity index (χ4v) is 2.07. The van der Waals surface area contributed by atoms with Crippen LogP contribution < -0.4 is 5.32 Å². The molecule has 1 rings (SSSR count). The number of amides is 2. The van der Waals surface area contributed by atoms with Gasteiger partial charge in [0.1, 0.15) is 0 Å². The summed E-state index contributed by atoms with van der Waals surface area (Å²) in [6, 6.07) is -0.333.